The Balaban J connectivity index is 1.60. The molecule has 0 bridgehead atoms. The molecule has 0 aliphatic carbocycles. The van der Waals surface area contributed by atoms with Crippen molar-refractivity contribution < 1.29 is 9.18 Å². The van der Waals surface area contributed by atoms with Gasteiger partial charge in [0.05, 0.1) is 24.2 Å². The second-order valence-electron chi connectivity index (χ2n) is 5.63. The lowest BCUT2D eigenvalue weighted by Crippen LogP contribution is -2.31. The zero-order valence-electron chi connectivity index (χ0n) is 12.9. The molecular weight excluding hydrogens is 293 g/mol. The van der Waals surface area contributed by atoms with Gasteiger partial charge < -0.3 is 5.32 Å². The molecule has 1 unspecified atom stereocenters. The van der Waals surface area contributed by atoms with Crippen LogP contribution < -0.4 is 5.32 Å². The van der Waals surface area contributed by atoms with Gasteiger partial charge in [0.25, 0.3) is 0 Å². The zero-order valence-corrected chi connectivity index (χ0v) is 12.9. The van der Waals surface area contributed by atoms with E-state index in [4.69, 9.17) is 0 Å². The van der Waals surface area contributed by atoms with Gasteiger partial charge in [0.1, 0.15) is 5.82 Å². The molecule has 1 heterocycles. The number of hydrogen-bond donors (Lipinski definition) is 1. The number of benzene rings is 2. The highest BCUT2D eigenvalue weighted by molar-refractivity contribution is 5.80. The number of aromatic nitrogens is 2. The number of halogens is 1. The van der Waals surface area contributed by atoms with Gasteiger partial charge in [-0.3, -0.25) is 9.48 Å². The quantitative estimate of drug-likeness (QED) is 0.787. The largest absolute Gasteiger partial charge is 0.352 e. The Morgan fingerprint density at radius 1 is 1.22 bits per heavy atom. The first kappa shape index (κ1) is 15.2. The monoisotopic (exact) mass is 311 g/mol. The van der Waals surface area contributed by atoms with Gasteiger partial charge in [-0.25, -0.2) is 4.39 Å². The van der Waals surface area contributed by atoms with Crippen LogP contribution in [0.2, 0.25) is 0 Å². The van der Waals surface area contributed by atoms with Crippen LogP contribution in [0.4, 0.5) is 4.39 Å². The van der Waals surface area contributed by atoms with Crippen molar-refractivity contribution in [2.75, 3.05) is 0 Å². The van der Waals surface area contributed by atoms with Crippen molar-refractivity contribution in [3.05, 3.63) is 66.1 Å². The molecule has 4 nitrogen and oxygen atoms in total. The summed E-state index contributed by atoms with van der Waals surface area (Å²) in [4.78, 5) is 12.2. The van der Waals surface area contributed by atoms with E-state index in [9.17, 15) is 9.18 Å². The molecule has 23 heavy (non-hydrogen) atoms. The van der Waals surface area contributed by atoms with Crippen molar-refractivity contribution >= 4 is 16.8 Å². The van der Waals surface area contributed by atoms with Gasteiger partial charge in [-0.2, -0.15) is 5.10 Å². The van der Waals surface area contributed by atoms with E-state index in [0.717, 1.165) is 16.5 Å². The van der Waals surface area contributed by atoms with Crippen LogP contribution in [0.25, 0.3) is 10.9 Å². The Bertz CT molecular complexity index is 811. The summed E-state index contributed by atoms with van der Waals surface area (Å²) in [6.45, 7) is 2.78. The molecule has 1 amide bonds. The average Bonchev–Trinajstić information content (AvgIpc) is 2.97. The van der Waals surface area contributed by atoms with Crippen molar-refractivity contribution in [2.24, 2.45) is 5.92 Å². The van der Waals surface area contributed by atoms with Crippen LogP contribution in [-0.2, 0) is 17.9 Å². The van der Waals surface area contributed by atoms with Crippen LogP contribution in [0, 0.1) is 11.7 Å². The zero-order chi connectivity index (χ0) is 16.2. The molecule has 1 aromatic heterocycles. The maximum atomic E-state index is 12.9. The summed E-state index contributed by atoms with van der Waals surface area (Å²) in [5.41, 5.74) is 1.89. The third-order valence-corrected chi connectivity index (χ3v) is 3.83. The number of nitrogens with one attached hydrogen (secondary N) is 1. The minimum absolute atomic E-state index is 0.0473. The first-order valence-corrected chi connectivity index (χ1v) is 7.56. The number of para-hydroxylation sites is 1. The number of carbonyl (C=O) groups is 1. The predicted molar refractivity (Wildman–Crippen MR) is 87.1 cm³/mol. The lowest BCUT2D eigenvalue weighted by Gasteiger charge is -2.13. The van der Waals surface area contributed by atoms with E-state index in [1.165, 1.54) is 12.1 Å². The van der Waals surface area contributed by atoms with E-state index in [-0.39, 0.29) is 17.6 Å². The van der Waals surface area contributed by atoms with Crippen LogP contribution in [0.5, 0.6) is 0 Å². The van der Waals surface area contributed by atoms with Crippen molar-refractivity contribution in [2.45, 2.75) is 20.0 Å². The number of amides is 1. The second-order valence-corrected chi connectivity index (χ2v) is 5.63. The highest BCUT2D eigenvalue weighted by Gasteiger charge is 2.15. The summed E-state index contributed by atoms with van der Waals surface area (Å²) in [5, 5.41) is 8.28. The van der Waals surface area contributed by atoms with E-state index in [1.54, 1.807) is 18.3 Å². The molecular formula is C18H18FN3O. The standard InChI is InChI=1S/C18H18FN3O/c1-13(12-22-17-5-3-2-4-15(17)11-21-22)18(23)20-10-14-6-8-16(19)9-7-14/h2-9,11,13H,10,12H2,1H3,(H,20,23). The Morgan fingerprint density at radius 2 is 1.96 bits per heavy atom. The first-order valence-electron chi connectivity index (χ1n) is 7.56. The Hall–Kier alpha value is -2.69. The molecule has 0 spiro atoms. The number of carbonyl (C=O) groups excluding carboxylic acids is 1. The lowest BCUT2D eigenvalue weighted by atomic mass is 10.1. The molecule has 0 aliphatic heterocycles. The minimum atomic E-state index is -0.279. The third-order valence-electron chi connectivity index (χ3n) is 3.83. The fraction of sp³-hybridized carbons (Fsp3) is 0.222. The van der Waals surface area contributed by atoms with Crippen LogP contribution in [0.3, 0.4) is 0 Å². The van der Waals surface area contributed by atoms with E-state index in [1.807, 2.05) is 35.9 Å². The average molecular weight is 311 g/mol. The third kappa shape index (κ3) is 3.56. The van der Waals surface area contributed by atoms with Crippen LogP contribution in [0.1, 0.15) is 12.5 Å². The Morgan fingerprint density at radius 3 is 2.74 bits per heavy atom. The number of rotatable bonds is 5. The summed E-state index contributed by atoms with van der Waals surface area (Å²) in [5.74, 6) is -0.535. The normalized spacial score (nSPS) is 12.3. The minimum Gasteiger partial charge on any atom is -0.352 e. The van der Waals surface area contributed by atoms with E-state index < -0.39 is 0 Å². The van der Waals surface area contributed by atoms with Gasteiger partial charge in [-0.1, -0.05) is 37.3 Å². The van der Waals surface area contributed by atoms with Gasteiger partial charge >= 0.3 is 0 Å². The highest BCUT2D eigenvalue weighted by atomic mass is 19.1. The topological polar surface area (TPSA) is 46.9 Å². The lowest BCUT2D eigenvalue weighted by molar-refractivity contribution is -0.125. The van der Waals surface area contributed by atoms with Crippen molar-refractivity contribution in [1.29, 1.82) is 0 Å². The summed E-state index contributed by atoms with van der Waals surface area (Å²) in [7, 11) is 0. The molecule has 3 rings (SSSR count). The fourth-order valence-corrected chi connectivity index (χ4v) is 2.48. The van der Waals surface area contributed by atoms with Gasteiger partial charge in [0, 0.05) is 11.9 Å². The van der Waals surface area contributed by atoms with Crippen LogP contribution >= 0.6 is 0 Å². The first-order chi connectivity index (χ1) is 11.1. The molecule has 1 N–H and O–H groups in total. The SMILES string of the molecule is CC(Cn1ncc2ccccc21)C(=O)NCc1ccc(F)cc1. The molecule has 0 aliphatic rings. The smallest absolute Gasteiger partial charge is 0.224 e. The molecule has 118 valence electrons. The van der Waals surface area contributed by atoms with Gasteiger partial charge in [-0.05, 0) is 23.8 Å². The number of fused-ring (bicyclic) bond motifs is 1. The highest BCUT2D eigenvalue weighted by Crippen LogP contribution is 2.14. The number of hydrogen-bond acceptors (Lipinski definition) is 2. The Labute approximate surface area is 133 Å². The predicted octanol–water partition coefficient (Wildman–Crippen LogP) is 3.13. The molecule has 3 aromatic rings. The molecule has 5 heteroatoms. The maximum absolute atomic E-state index is 12.9. The van der Waals surface area contributed by atoms with E-state index in [2.05, 4.69) is 10.4 Å². The Kier molecular flexibility index (Phi) is 4.37. The van der Waals surface area contributed by atoms with Gasteiger partial charge in [-0.15, -0.1) is 0 Å². The van der Waals surface area contributed by atoms with E-state index in [0.29, 0.717) is 13.1 Å². The molecule has 0 saturated heterocycles. The summed E-state index contributed by atoms with van der Waals surface area (Å²) in [6, 6.07) is 14.0. The molecule has 2 aromatic carbocycles. The van der Waals surface area contributed by atoms with Crippen molar-refractivity contribution in [3.8, 4) is 0 Å². The maximum Gasteiger partial charge on any atom is 0.224 e. The summed E-state index contributed by atoms with van der Waals surface area (Å²) < 4.78 is 14.7. The van der Waals surface area contributed by atoms with Gasteiger partial charge in [0.15, 0.2) is 0 Å². The molecule has 1 atom stereocenters. The fourth-order valence-electron chi connectivity index (χ4n) is 2.48. The number of nitrogens with zero attached hydrogens (tertiary/aromatic N) is 2. The second kappa shape index (κ2) is 6.60. The molecule has 0 fully saturated rings. The molecule has 0 radical (unpaired) electrons. The van der Waals surface area contributed by atoms with E-state index >= 15 is 0 Å². The van der Waals surface area contributed by atoms with Crippen molar-refractivity contribution in [1.82, 2.24) is 15.1 Å². The van der Waals surface area contributed by atoms with Crippen LogP contribution in [0.15, 0.2) is 54.7 Å². The summed E-state index contributed by atoms with van der Waals surface area (Å²) >= 11 is 0. The van der Waals surface area contributed by atoms with Crippen LogP contribution in [-0.4, -0.2) is 15.7 Å². The summed E-state index contributed by atoms with van der Waals surface area (Å²) in [6.07, 6.45) is 1.80. The molecule has 0 saturated carbocycles. The van der Waals surface area contributed by atoms with Gasteiger partial charge in [0.2, 0.25) is 5.91 Å². The van der Waals surface area contributed by atoms with Crippen molar-refractivity contribution in [3.63, 3.8) is 0 Å².